The van der Waals surface area contributed by atoms with Gasteiger partial charge in [-0.25, -0.2) is 0 Å². The fourth-order valence-corrected chi connectivity index (χ4v) is 1.46. The maximum absolute atomic E-state index is 7.49. The summed E-state index contributed by atoms with van der Waals surface area (Å²) in [6.45, 7) is 3.84. The Kier molecular flexibility index (Phi) is 2.77. The summed E-state index contributed by atoms with van der Waals surface area (Å²) in [5.74, 6) is 1.52. The van der Waals surface area contributed by atoms with E-state index in [9.17, 15) is 0 Å². The normalized spacial score (nSPS) is 10.1. The zero-order chi connectivity index (χ0) is 11.5. The van der Waals surface area contributed by atoms with Crippen LogP contribution in [0.2, 0.25) is 0 Å². The Morgan fingerprint density at radius 3 is 2.62 bits per heavy atom. The standard InChI is InChI=1S/C13H13N2O/c1-9-8-11(14)5-6-12(9)16-13-4-3-7-15-10(13)2/h3-8,14H,1-2H3. The van der Waals surface area contributed by atoms with E-state index in [0.717, 1.165) is 22.8 Å². The average Bonchev–Trinajstić information content (AvgIpc) is 2.25. The first-order valence-corrected chi connectivity index (χ1v) is 5.08. The molecule has 0 aliphatic rings. The molecule has 0 unspecified atom stereocenters. The molecule has 1 aromatic carbocycles. The number of hydrogen-bond acceptors (Lipinski definition) is 2. The number of pyridine rings is 1. The van der Waals surface area contributed by atoms with Crippen LogP contribution in [0.3, 0.4) is 0 Å². The van der Waals surface area contributed by atoms with Gasteiger partial charge >= 0.3 is 0 Å². The van der Waals surface area contributed by atoms with Gasteiger partial charge in [0.25, 0.3) is 0 Å². The highest BCUT2D eigenvalue weighted by Gasteiger charge is 2.04. The molecule has 1 N–H and O–H groups in total. The minimum atomic E-state index is 0.493. The van der Waals surface area contributed by atoms with E-state index in [1.165, 1.54) is 0 Å². The molecule has 81 valence electrons. The molecule has 2 rings (SSSR count). The second kappa shape index (κ2) is 4.23. The van der Waals surface area contributed by atoms with Crippen LogP contribution in [0.5, 0.6) is 11.5 Å². The van der Waals surface area contributed by atoms with Crippen LogP contribution < -0.4 is 10.5 Å². The van der Waals surface area contributed by atoms with E-state index >= 15 is 0 Å². The number of nitrogens with zero attached hydrogens (tertiary/aromatic N) is 1. The fraction of sp³-hybridized carbons (Fsp3) is 0.154. The van der Waals surface area contributed by atoms with E-state index < -0.39 is 0 Å². The minimum absolute atomic E-state index is 0.493. The summed E-state index contributed by atoms with van der Waals surface area (Å²) in [6.07, 6.45) is 1.74. The maximum atomic E-state index is 7.49. The third kappa shape index (κ3) is 2.14. The topological polar surface area (TPSA) is 45.9 Å². The van der Waals surface area contributed by atoms with Crippen molar-refractivity contribution < 1.29 is 4.74 Å². The molecule has 1 radical (unpaired) electrons. The molecule has 0 spiro atoms. The van der Waals surface area contributed by atoms with Gasteiger partial charge in [0.15, 0.2) is 0 Å². The van der Waals surface area contributed by atoms with Gasteiger partial charge < -0.3 is 10.5 Å². The first-order valence-electron chi connectivity index (χ1n) is 5.08. The Morgan fingerprint density at radius 1 is 1.12 bits per heavy atom. The average molecular weight is 213 g/mol. The molecule has 0 amide bonds. The Morgan fingerprint density at radius 2 is 1.94 bits per heavy atom. The highest BCUT2D eigenvalue weighted by atomic mass is 16.5. The van der Waals surface area contributed by atoms with Gasteiger partial charge in [0.1, 0.15) is 11.5 Å². The van der Waals surface area contributed by atoms with Crippen LogP contribution in [0.4, 0.5) is 5.69 Å². The lowest BCUT2D eigenvalue weighted by Crippen LogP contribution is -1.91. The first-order chi connectivity index (χ1) is 7.66. The number of aryl methyl sites for hydroxylation is 2. The smallest absolute Gasteiger partial charge is 0.148 e. The predicted molar refractivity (Wildman–Crippen MR) is 63.0 cm³/mol. The molecule has 3 heteroatoms. The summed E-state index contributed by atoms with van der Waals surface area (Å²) in [5, 5.41) is 0. The molecule has 2 aromatic rings. The number of rotatable bonds is 2. The molecule has 1 aromatic heterocycles. The lowest BCUT2D eigenvalue weighted by molar-refractivity contribution is 0.472. The molecule has 0 atom stereocenters. The number of ether oxygens (including phenoxy) is 1. The van der Waals surface area contributed by atoms with Crippen LogP contribution >= 0.6 is 0 Å². The number of aromatic nitrogens is 1. The van der Waals surface area contributed by atoms with E-state index in [0.29, 0.717) is 5.69 Å². The molecular formula is C13H13N2O. The Labute approximate surface area is 94.9 Å². The van der Waals surface area contributed by atoms with Gasteiger partial charge in [-0.15, -0.1) is 0 Å². The summed E-state index contributed by atoms with van der Waals surface area (Å²) in [7, 11) is 0. The summed E-state index contributed by atoms with van der Waals surface area (Å²) >= 11 is 0. The highest BCUT2D eigenvalue weighted by molar-refractivity contribution is 5.46. The number of nitrogens with one attached hydrogen (secondary N) is 1. The molecule has 0 aliphatic heterocycles. The maximum Gasteiger partial charge on any atom is 0.148 e. The Hall–Kier alpha value is -2.03. The van der Waals surface area contributed by atoms with Crippen LogP contribution in [0.1, 0.15) is 11.3 Å². The zero-order valence-electron chi connectivity index (χ0n) is 9.32. The summed E-state index contributed by atoms with van der Waals surface area (Å²) in [4.78, 5) is 4.16. The Bertz CT molecular complexity index is 509. The monoisotopic (exact) mass is 213 g/mol. The summed E-state index contributed by atoms with van der Waals surface area (Å²) in [6, 6.07) is 9.03. The fourth-order valence-electron chi connectivity index (χ4n) is 1.46. The van der Waals surface area contributed by atoms with Gasteiger partial charge in [0.2, 0.25) is 0 Å². The van der Waals surface area contributed by atoms with Crippen molar-refractivity contribution in [1.29, 1.82) is 0 Å². The van der Waals surface area contributed by atoms with Gasteiger partial charge in [0, 0.05) is 6.20 Å². The molecule has 3 nitrogen and oxygen atoms in total. The molecule has 0 bridgehead atoms. The Balaban J connectivity index is 2.31. The second-order valence-corrected chi connectivity index (χ2v) is 3.67. The van der Waals surface area contributed by atoms with Crippen LogP contribution in [0.15, 0.2) is 36.5 Å². The van der Waals surface area contributed by atoms with Crippen LogP contribution in [0, 0.1) is 13.8 Å². The minimum Gasteiger partial charge on any atom is -0.455 e. The summed E-state index contributed by atoms with van der Waals surface area (Å²) < 4.78 is 5.75. The van der Waals surface area contributed by atoms with E-state index in [4.69, 9.17) is 10.5 Å². The molecule has 0 saturated carbocycles. The van der Waals surface area contributed by atoms with E-state index in [1.54, 1.807) is 18.3 Å². The SMILES string of the molecule is Cc1cc([NH])ccc1Oc1cccnc1C. The number of hydrogen-bond donors (Lipinski definition) is 0. The quantitative estimate of drug-likeness (QED) is 0.767. The van der Waals surface area contributed by atoms with Crippen LogP contribution in [0.25, 0.3) is 0 Å². The second-order valence-electron chi connectivity index (χ2n) is 3.67. The molecule has 0 fully saturated rings. The van der Waals surface area contributed by atoms with E-state index in [-0.39, 0.29) is 0 Å². The first kappa shape index (κ1) is 10.5. The highest BCUT2D eigenvalue weighted by Crippen LogP contribution is 2.27. The van der Waals surface area contributed by atoms with Gasteiger partial charge in [0.05, 0.1) is 11.4 Å². The van der Waals surface area contributed by atoms with Gasteiger partial charge in [-0.2, -0.15) is 0 Å². The van der Waals surface area contributed by atoms with E-state index in [1.807, 2.05) is 32.0 Å². The largest absolute Gasteiger partial charge is 0.455 e. The molecular weight excluding hydrogens is 200 g/mol. The summed E-state index contributed by atoms with van der Waals surface area (Å²) in [5.41, 5.74) is 9.79. The van der Waals surface area contributed by atoms with Gasteiger partial charge in [-0.3, -0.25) is 4.98 Å². The molecule has 0 saturated heterocycles. The van der Waals surface area contributed by atoms with Crippen molar-refractivity contribution in [2.24, 2.45) is 0 Å². The van der Waals surface area contributed by atoms with Crippen molar-refractivity contribution in [3.8, 4) is 11.5 Å². The van der Waals surface area contributed by atoms with Crippen LogP contribution in [-0.2, 0) is 0 Å². The third-order valence-electron chi connectivity index (χ3n) is 2.35. The molecule has 0 aliphatic carbocycles. The van der Waals surface area contributed by atoms with Gasteiger partial charge in [-0.05, 0) is 49.7 Å². The lowest BCUT2D eigenvalue weighted by Gasteiger charge is -2.10. The zero-order valence-corrected chi connectivity index (χ0v) is 9.32. The lowest BCUT2D eigenvalue weighted by atomic mass is 10.2. The van der Waals surface area contributed by atoms with Crippen molar-refractivity contribution >= 4 is 5.69 Å². The van der Waals surface area contributed by atoms with Crippen molar-refractivity contribution in [1.82, 2.24) is 10.7 Å². The number of benzene rings is 1. The predicted octanol–water partition coefficient (Wildman–Crippen LogP) is 3.41. The molecule has 1 heterocycles. The van der Waals surface area contributed by atoms with Crippen LogP contribution in [-0.4, -0.2) is 4.98 Å². The molecule has 16 heavy (non-hydrogen) atoms. The van der Waals surface area contributed by atoms with Crippen molar-refractivity contribution in [2.75, 3.05) is 0 Å². The van der Waals surface area contributed by atoms with Crippen molar-refractivity contribution in [3.63, 3.8) is 0 Å². The van der Waals surface area contributed by atoms with E-state index in [2.05, 4.69) is 4.98 Å². The van der Waals surface area contributed by atoms with Gasteiger partial charge in [-0.1, -0.05) is 0 Å². The van der Waals surface area contributed by atoms with Crippen molar-refractivity contribution in [2.45, 2.75) is 13.8 Å². The third-order valence-corrected chi connectivity index (χ3v) is 2.35. The van der Waals surface area contributed by atoms with Crippen molar-refractivity contribution in [3.05, 3.63) is 47.8 Å².